The van der Waals surface area contributed by atoms with Crippen molar-refractivity contribution in [2.45, 2.75) is 57.5 Å². The van der Waals surface area contributed by atoms with Gasteiger partial charge in [0.1, 0.15) is 0 Å². The fraction of sp³-hybridized carbons (Fsp3) is 0.917. The van der Waals surface area contributed by atoms with E-state index < -0.39 is 5.97 Å². The van der Waals surface area contributed by atoms with Crippen LogP contribution in [-0.4, -0.2) is 34.6 Å². The molecule has 86 valence electrons. The Bertz CT molecular complexity index is 236. The monoisotopic (exact) mass is 211 g/mol. The predicted octanol–water partition coefficient (Wildman–Crippen LogP) is 2.11. The van der Waals surface area contributed by atoms with Gasteiger partial charge in [0.2, 0.25) is 0 Å². The molecule has 2 aliphatic rings. The molecular formula is C12H21NO2. The molecule has 1 heterocycles. The fourth-order valence-corrected chi connectivity index (χ4v) is 3.06. The highest BCUT2D eigenvalue weighted by Crippen LogP contribution is 2.35. The molecule has 0 amide bonds. The van der Waals surface area contributed by atoms with Gasteiger partial charge in [-0.15, -0.1) is 0 Å². The molecule has 3 nitrogen and oxygen atoms in total. The van der Waals surface area contributed by atoms with E-state index in [0.717, 1.165) is 18.9 Å². The Balaban J connectivity index is 1.90. The van der Waals surface area contributed by atoms with E-state index in [1.807, 2.05) is 0 Å². The Labute approximate surface area is 91.5 Å². The summed E-state index contributed by atoms with van der Waals surface area (Å²) in [6.07, 6.45) is 6.42. The first kappa shape index (κ1) is 10.9. The number of carboxylic acid groups (broad SMARTS) is 1. The highest BCUT2D eigenvalue weighted by atomic mass is 16.4. The van der Waals surface area contributed by atoms with Gasteiger partial charge in [-0.05, 0) is 38.1 Å². The van der Waals surface area contributed by atoms with Crippen LogP contribution in [0.25, 0.3) is 0 Å². The largest absolute Gasteiger partial charge is 0.481 e. The van der Waals surface area contributed by atoms with Gasteiger partial charge < -0.3 is 5.11 Å². The van der Waals surface area contributed by atoms with E-state index in [-0.39, 0.29) is 0 Å². The third-order valence-corrected chi connectivity index (χ3v) is 3.90. The average molecular weight is 211 g/mol. The van der Waals surface area contributed by atoms with E-state index in [0.29, 0.717) is 18.5 Å². The maximum absolute atomic E-state index is 10.8. The van der Waals surface area contributed by atoms with E-state index in [2.05, 4.69) is 11.8 Å². The van der Waals surface area contributed by atoms with E-state index in [9.17, 15) is 4.79 Å². The number of carboxylic acids is 1. The Morgan fingerprint density at radius 1 is 1.40 bits per heavy atom. The Kier molecular flexibility index (Phi) is 3.29. The van der Waals surface area contributed by atoms with Crippen molar-refractivity contribution < 1.29 is 9.90 Å². The van der Waals surface area contributed by atoms with Crippen molar-refractivity contribution in [3.8, 4) is 0 Å². The zero-order valence-electron chi connectivity index (χ0n) is 9.48. The van der Waals surface area contributed by atoms with Crippen LogP contribution in [0, 0.1) is 5.92 Å². The van der Waals surface area contributed by atoms with Gasteiger partial charge in [0.15, 0.2) is 0 Å². The van der Waals surface area contributed by atoms with Crippen molar-refractivity contribution >= 4 is 5.97 Å². The van der Waals surface area contributed by atoms with Crippen LogP contribution >= 0.6 is 0 Å². The van der Waals surface area contributed by atoms with Crippen molar-refractivity contribution in [1.82, 2.24) is 4.90 Å². The summed E-state index contributed by atoms with van der Waals surface area (Å²) in [4.78, 5) is 13.2. The number of hydrogen-bond acceptors (Lipinski definition) is 2. The summed E-state index contributed by atoms with van der Waals surface area (Å²) < 4.78 is 0. The molecule has 1 saturated heterocycles. The molecule has 0 bridgehead atoms. The first-order chi connectivity index (χ1) is 7.16. The number of carbonyl (C=O) groups is 1. The van der Waals surface area contributed by atoms with Crippen molar-refractivity contribution in [2.24, 2.45) is 5.92 Å². The van der Waals surface area contributed by atoms with Crippen LogP contribution in [0.3, 0.4) is 0 Å². The van der Waals surface area contributed by atoms with Gasteiger partial charge >= 0.3 is 5.97 Å². The van der Waals surface area contributed by atoms with Crippen molar-refractivity contribution in [3.63, 3.8) is 0 Å². The standard InChI is InChI=1S/C12H21NO2/c1-9-6-11(7-9)13-5-3-2-4-10(13)8-12(14)15/h9-11H,2-8H2,1H3,(H,14,15). The minimum atomic E-state index is -0.640. The van der Waals surface area contributed by atoms with Crippen LogP contribution in [0.15, 0.2) is 0 Å². The summed E-state index contributed by atoms with van der Waals surface area (Å²) in [6.45, 7) is 3.40. The third kappa shape index (κ3) is 2.51. The molecule has 0 aromatic heterocycles. The lowest BCUT2D eigenvalue weighted by Gasteiger charge is -2.47. The maximum Gasteiger partial charge on any atom is 0.304 e. The maximum atomic E-state index is 10.8. The zero-order valence-corrected chi connectivity index (χ0v) is 9.48. The molecule has 0 aromatic rings. The SMILES string of the molecule is CC1CC(N2CCCCC2CC(=O)O)C1. The van der Waals surface area contributed by atoms with Crippen molar-refractivity contribution in [3.05, 3.63) is 0 Å². The molecule has 1 atom stereocenters. The Morgan fingerprint density at radius 3 is 2.73 bits per heavy atom. The van der Waals surface area contributed by atoms with Crippen LogP contribution in [0.2, 0.25) is 0 Å². The minimum absolute atomic E-state index is 0.314. The lowest BCUT2D eigenvalue weighted by Crippen LogP contribution is -2.51. The van der Waals surface area contributed by atoms with Gasteiger partial charge in [0.05, 0.1) is 6.42 Å². The van der Waals surface area contributed by atoms with Crippen LogP contribution in [0.4, 0.5) is 0 Å². The first-order valence-corrected chi connectivity index (χ1v) is 6.14. The molecule has 0 spiro atoms. The van der Waals surface area contributed by atoms with Crippen LogP contribution in [-0.2, 0) is 4.79 Å². The van der Waals surface area contributed by atoms with Gasteiger partial charge in [-0.1, -0.05) is 13.3 Å². The third-order valence-electron chi connectivity index (χ3n) is 3.90. The summed E-state index contributed by atoms with van der Waals surface area (Å²) in [5.41, 5.74) is 0. The molecular weight excluding hydrogens is 190 g/mol. The van der Waals surface area contributed by atoms with E-state index in [1.165, 1.54) is 25.7 Å². The van der Waals surface area contributed by atoms with Gasteiger partial charge in [-0.25, -0.2) is 0 Å². The molecule has 1 unspecified atom stereocenters. The predicted molar refractivity (Wildman–Crippen MR) is 58.8 cm³/mol. The van der Waals surface area contributed by atoms with E-state index in [1.54, 1.807) is 0 Å². The fourth-order valence-electron chi connectivity index (χ4n) is 3.06. The van der Waals surface area contributed by atoms with Crippen LogP contribution < -0.4 is 0 Å². The molecule has 2 rings (SSSR count). The van der Waals surface area contributed by atoms with Crippen molar-refractivity contribution in [1.29, 1.82) is 0 Å². The van der Waals surface area contributed by atoms with E-state index >= 15 is 0 Å². The molecule has 15 heavy (non-hydrogen) atoms. The number of nitrogens with zero attached hydrogens (tertiary/aromatic N) is 1. The van der Waals surface area contributed by atoms with Crippen LogP contribution in [0.1, 0.15) is 45.4 Å². The summed E-state index contributed by atoms with van der Waals surface area (Å²) in [6, 6.07) is 0.999. The summed E-state index contributed by atoms with van der Waals surface area (Å²) in [5, 5.41) is 8.88. The highest BCUT2D eigenvalue weighted by Gasteiger charge is 2.36. The van der Waals surface area contributed by atoms with Crippen molar-refractivity contribution in [2.75, 3.05) is 6.54 Å². The number of hydrogen-bond donors (Lipinski definition) is 1. The topological polar surface area (TPSA) is 40.5 Å². The van der Waals surface area contributed by atoms with Gasteiger partial charge in [0.25, 0.3) is 0 Å². The van der Waals surface area contributed by atoms with Gasteiger partial charge in [-0.3, -0.25) is 9.69 Å². The molecule has 3 heteroatoms. The van der Waals surface area contributed by atoms with Crippen LogP contribution in [0.5, 0.6) is 0 Å². The Morgan fingerprint density at radius 2 is 2.13 bits per heavy atom. The average Bonchev–Trinajstić information content (AvgIpc) is 2.13. The molecule has 0 radical (unpaired) electrons. The Hall–Kier alpha value is -0.570. The number of rotatable bonds is 3. The summed E-state index contributed by atoms with van der Waals surface area (Å²) >= 11 is 0. The lowest BCUT2D eigenvalue weighted by atomic mass is 9.79. The van der Waals surface area contributed by atoms with E-state index in [4.69, 9.17) is 5.11 Å². The normalized spacial score (nSPS) is 37.3. The first-order valence-electron chi connectivity index (χ1n) is 6.14. The minimum Gasteiger partial charge on any atom is -0.481 e. The van der Waals surface area contributed by atoms with Gasteiger partial charge in [0, 0.05) is 12.1 Å². The lowest BCUT2D eigenvalue weighted by molar-refractivity contribution is -0.139. The highest BCUT2D eigenvalue weighted by molar-refractivity contribution is 5.67. The summed E-state index contributed by atoms with van der Waals surface area (Å²) in [7, 11) is 0. The number of aliphatic carboxylic acids is 1. The molecule has 1 N–H and O–H groups in total. The molecule has 1 saturated carbocycles. The molecule has 2 fully saturated rings. The number of piperidine rings is 1. The second kappa shape index (κ2) is 4.52. The summed E-state index contributed by atoms with van der Waals surface area (Å²) in [5.74, 6) is 0.210. The second-order valence-corrected chi connectivity index (χ2v) is 5.22. The molecule has 0 aromatic carbocycles. The van der Waals surface area contributed by atoms with Gasteiger partial charge in [-0.2, -0.15) is 0 Å². The molecule has 1 aliphatic heterocycles. The number of likely N-dealkylation sites (tertiary alicyclic amines) is 1. The quantitative estimate of drug-likeness (QED) is 0.777. The zero-order chi connectivity index (χ0) is 10.8. The molecule has 1 aliphatic carbocycles. The smallest absolute Gasteiger partial charge is 0.304 e. The second-order valence-electron chi connectivity index (χ2n) is 5.22.